The Kier molecular flexibility index (Phi) is 8.75. The lowest BCUT2D eigenvalue weighted by molar-refractivity contribution is 0.153. The highest BCUT2D eigenvalue weighted by Gasteiger charge is 2.30. The van der Waals surface area contributed by atoms with Crippen LogP contribution in [0.4, 0.5) is 0 Å². The highest BCUT2D eigenvalue weighted by atomic mass is 14.4. The van der Waals surface area contributed by atoms with Crippen LogP contribution in [0.5, 0.6) is 0 Å². The average Bonchev–Trinajstić information content (AvgIpc) is 2.74. The van der Waals surface area contributed by atoms with Crippen molar-refractivity contribution < 1.29 is 0 Å². The van der Waals surface area contributed by atoms with Crippen molar-refractivity contribution in [3.8, 4) is 0 Å². The molecule has 27 heavy (non-hydrogen) atoms. The maximum atomic E-state index is 3.97. The number of hydrogen-bond donors (Lipinski definition) is 0. The predicted octanol–water partition coefficient (Wildman–Crippen LogP) is 8.50. The molecule has 0 unspecified atom stereocenters. The van der Waals surface area contributed by atoms with Crippen molar-refractivity contribution in [2.24, 2.45) is 35.5 Å². The van der Waals surface area contributed by atoms with Crippen LogP contribution in [0.2, 0.25) is 0 Å². The standard InChI is InChI=1S/C27H44/c1-3-5-6-7-23-14-18-26(19-15-23)27-20-16-25(17-21-27)13-12-24-10-8-22(4-2)9-11-24/h3-5,12-13,22-27H,2,6-11,14-21H2,1H3. The molecule has 3 fully saturated rings. The number of allylic oxidation sites excluding steroid dienone is 5. The molecule has 3 saturated carbocycles. The van der Waals surface area contributed by atoms with E-state index in [9.17, 15) is 0 Å². The molecule has 0 aromatic carbocycles. The summed E-state index contributed by atoms with van der Waals surface area (Å²) in [4.78, 5) is 0. The van der Waals surface area contributed by atoms with Crippen molar-refractivity contribution >= 4 is 0 Å². The van der Waals surface area contributed by atoms with E-state index >= 15 is 0 Å². The Labute approximate surface area is 169 Å². The molecule has 3 aliphatic carbocycles. The van der Waals surface area contributed by atoms with Crippen molar-refractivity contribution in [2.75, 3.05) is 0 Å². The van der Waals surface area contributed by atoms with E-state index in [0.29, 0.717) is 0 Å². The van der Waals surface area contributed by atoms with Gasteiger partial charge in [0.05, 0.1) is 0 Å². The molecule has 152 valence electrons. The minimum absolute atomic E-state index is 0.795. The Morgan fingerprint density at radius 1 is 0.667 bits per heavy atom. The molecule has 0 saturated heterocycles. The first kappa shape index (κ1) is 20.9. The van der Waals surface area contributed by atoms with Crippen molar-refractivity contribution in [3.63, 3.8) is 0 Å². The van der Waals surface area contributed by atoms with Crippen molar-refractivity contribution in [2.45, 2.75) is 96.8 Å². The van der Waals surface area contributed by atoms with Crippen LogP contribution in [0.25, 0.3) is 0 Å². The molecule has 0 spiro atoms. The van der Waals surface area contributed by atoms with Gasteiger partial charge in [-0.1, -0.05) is 43.2 Å². The molecule has 0 aliphatic heterocycles. The normalized spacial score (nSPS) is 38.4. The fraction of sp³-hybridized carbons (Fsp3) is 0.778. The monoisotopic (exact) mass is 368 g/mol. The largest absolute Gasteiger partial charge is 0.103 e. The van der Waals surface area contributed by atoms with Gasteiger partial charge >= 0.3 is 0 Å². The molecule has 0 radical (unpaired) electrons. The van der Waals surface area contributed by atoms with Crippen LogP contribution in [0.15, 0.2) is 37.0 Å². The van der Waals surface area contributed by atoms with Crippen LogP contribution >= 0.6 is 0 Å². The molecule has 3 aliphatic rings. The first-order valence-electron chi connectivity index (χ1n) is 12.2. The highest BCUT2D eigenvalue weighted by Crippen LogP contribution is 2.42. The van der Waals surface area contributed by atoms with Crippen molar-refractivity contribution in [1.29, 1.82) is 0 Å². The van der Waals surface area contributed by atoms with E-state index in [1.807, 2.05) is 0 Å². The maximum absolute atomic E-state index is 3.97. The van der Waals surface area contributed by atoms with E-state index in [0.717, 1.165) is 35.5 Å². The van der Waals surface area contributed by atoms with Gasteiger partial charge in [0, 0.05) is 0 Å². The summed E-state index contributed by atoms with van der Waals surface area (Å²) in [6.45, 7) is 6.12. The average molecular weight is 369 g/mol. The van der Waals surface area contributed by atoms with Gasteiger partial charge in [-0.05, 0) is 119 Å². The molecular formula is C27H44. The lowest BCUT2D eigenvalue weighted by Gasteiger charge is -2.37. The summed E-state index contributed by atoms with van der Waals surface area (Å²) in [5.41, 5.74) is 0. The van der Waals surface area contributed by atoms with Crippen LogP contribution in [0, 0.1) is 35.5 Å². The first-order valence-corrected chi connectivity index (χ1v) is 12.2. The summed E-state index contributed by atoms with van der Waals surface area (Å²) in [6.07, 6.45) is 32.2. The van der Waals surface area contributed by atoms with Gasteiger partial charge in [0.15, 0.2) is 0 Å². The summed E-state index contributed by atoms with van der Waals surface area (Å²) in [5, 5.41) is 0. The molecule has 3 rings (SSSR count). The fourth-order valence-corrected chi connectivity index (χ4v) is 6.14. The maximum Gasteiger partial charge on any atom is -0.0233 e. The van der Waals surface area contributed by atoms with Crippen LogP contribution in [-0.4, -0.2) is 0 Å². The van der Waals surface area contributed by atoms with Crippen molar-refractivity contribution in [3.05, 3.63) is 37.0 Å². The summed E-state index contributed by atoms with van der Waals surface area (Å²) >= 11 is 0. The lowest BCUT2D eigenvalue weighted by atomic mass is 9.68. The lowest BCUT2D eigenvalue weighted by Crippen LogP contribution is -2.25. The third kappa shape index (κ3) is 6.65. The van der Waals surface area contributed by atoms with E-state index < -0.39 is 0 Å². The Balaban J connectivity index is 1.32. The minimum atomic E-state index is 0.795. The summed E-state index contributed by atoms with van der Waals surface area (Å²) < 4.78 is 0. The predicted molar refractivity (Wildman–Crippen MR) is 120 cm³/mol. The van der Waals surface area contributed by atoms with Crippen LogP contribution in [0.3, 0.4) is 0 Å². The Morgan fingerprint density at radius 3 is 1.67 bits per heavy atom. The van der Waals surface area contributed by atoms with Gasteiger partial charge in [0.1, 0.15) is 0 Å². The SMILES string of the molecule is C=CC1CCC(C=CC2CCC(C3CCC(CCC=CC)CC3)CC2)CC1. The molecule has 0 aromatic rings. The first-order chi connectivity index (χ1) is 13.3. The summed E-state index contributed by atoms with van der Waals surface area (Å²) in [6, 6.07) is 0. The topological polar surface area (TPSA) is 0 Å². The minimum Gasteiger partial charge on any atom is -0.103 e. The Hall–Kier alpha value is -0.780. The van der Waals surface area contributed by atoms with E-state index in [-0.39, 0.29) is 0 Å². The van der Waals surface area contributed by atoms with Crippen molar-refractivity contribution in [1.82, 2.24) is 0 Å². The van der Waals surface area contributed by atoms with E-state index in [4.69, 9.17) is 0 Å². The van der Waals surface area contributed by atoms with E-state index in [2.05, 4.69) is 43.9 Å². The number of hydrogen-bond acceptors (Lipinski definition) is 0. The highest BCUT2D eigenvalue weighted by molar-refractivity contribution is 4.98. The Bertz CT molecular complexity index is 460. The van der Waals surface area contributed by atoms with E-state index in [1.165, 1.54) is 89.9 Å². The second-order valence-corrected chi connectivity index (χ2v) is 9.90. The third-order valence-corrected chi connectivity index (χ3v) is 8.16. The molecule has 0 nitrogen and oxygen atoms in total. The van der Waals surface area contributed by atoms with Crippen LogP contribution < -0.4 is 0 Å². The van der Waals surface area contributed by atoms with Crippen LogP contribution in [0.1, 0.15) is 96.8 Å². The molecule has 0 bridgehead atoms. The van der Waals surface area contributed by atoms with Gasteiger partial charge < -0.3 is 0 Å². The van der Waals surface area contributed by atoms with Gasteiger partial charge in [-0.2, -0.15) is 0 Å². The fourth-order valence-electron chi connectivity index (χ4n) is 6.14. The summed E-state index contributed by atoms with van der Waals surface area (Å²) in [7, 11) is 0. The quantitative estimate of drug-likeness (QED) is 0.395. The summed E-state index contributed by atoms with van der Waals surface area (Å²) in [5.74, 6) is 5.67. The van der Waals surface area contributed by atoms with Gasteiger partial charge in [-0.15, -0.1) is 6.58 Å². The molecule has 0 amide bonds. The zero-order valence-electron chi connectivity index (χ0n) is 18.0. The molecular weight excluding hydrogens is 324 g/mol. The molecule has 0 aromatic heterocycles. The second-order valence-electron chi connectivity index (χ2n) is 9.90. The zero-order chi connectivity index (χ0) is 18.9. The molecule has 0 heteroatoms. The smallest absolute Gasteiger partial charge is 0.0233 e. The van der Waals surface area contributed by atoms with Gasteiger partial charge in [-0.25, -0.2) is 0 Å². The number of rotatable bonds is 7. The molecule has 0 atom stereocenters. The zero-order valence-corrected chi connectivity index (χ0v) is 18.0. The van der Waals surface area contributed by atoms with Gasteiger partial charge in [-0.3, -0.25) is 0 Å². The molecule has 0 heterocycles. The molecule has 0 N–H and O–H groups in total. The van der Waals surface area contributed by atoms with E-state index in [1.54, 1.807) is 0 Å². The van der Waals surface area contributed by atoms with Gasteiger partial charge in [0.25, 0.3) is 0 Å². The van der Waals surface area contributed by atoms with Gasteiger partial charge in [0.2, 0.25) is 0 Å². The van der Waals surface area contributed by atoms with Crippen LogP contribution in [-0.2, 0) is 0 Å². The third-order valence-electron chi connectivity index (χ3n) is 8.16. The second kappa shape index (κ2) is 11.3. The Morgan fingerprint density at radius 2 is 1.15 bits per heavy atom.